The second-order valence-corrected chi connectivity index (χ2v) is 7.72. The highest BCUT2D eigenvalue weighted by molar-refractivity contribution is 6.52. The normalized spacial score (nSPS) is 23.0. The van der Waals surface area contributed by atoms with Gasteiger partial charge in [-0.2, -0.15) is 0 Å². The lowest BCUT2D eigenvalue weighted by Crippen LogP contribution is -2.51. The minimum Gasteiger partial charge on any atom is -0.340 e. The van der Waals surface area contributed by atoms with E-state index in [1.807, 2.05) is 4.90 Å². The fourth-order valence-corrected chi connectivity index (χ4v) is 3.29. The van der Waals surface area contributed by atoms with Crippen LogP contribution in [0.2, 0.25) is 0 Å². The minimum absolute atomic E-state index is 0.0103. The summed E-state index contributed by atoms with van der Waals surface area (Å²) in [4.78, 5) is 27.9. The third-order valence-electron chi connectivity index (χ3n) is 4.28. The van der Waals surface area contributed by atoms with Crippen molar-refractivity contribution in [3.8, 4) is 0 Å². The zero-order valence-corrected chi connectivity index (χ0v) is 14.5. The van der Waals surface area contributed by atoms with E-state index in [0.29, 0.717) is 38.3 Å². The molecule has 0 radical (unpaired) electrons. The fourth-order valence-electron chi connectivity index (χ4n) is 2.80. The summed E-state index contributed by atoms with van der Waals surface area (Å²) in [6.45, 7) is 2.51. The van der Waals surface area contributed by atoms with Gasteiger partial charge in [-0.15, -0.1) is 23.2 Å². The second-order valence-electron chi connectivity index (χ2n) is 6.18. The summed E-state index contributed by atoms with van der Waals surface area (Å²) in [6.07, 6.45) is 0.505. The maximum Gasteiger partial charge on any atom is 0.238 e. The number of carbonyl (C=O) groups is 2. The number of nitrogens with zero attached hydrogens (tertiary/aromatic N) is 2. The Balaban J connectivity index is 1.44. The van der Waals surface area contributed by atoms with Crippen molar-refractivity contribution in [2.24, 2.45) is 5.92 Å². The third-order valence-corrected chi connectivity index (χ3v) is 5.12. The van der Waals surface area contributed by atoms with Gasteiger partial charge in [0.15, 0.2) is 0 Å². The van der Waals surface area contributed by atoms with Crippen molar-refractivity contribution in [2.45, 2.75) is 10.8 Å². The van der Waals surface area contributed by atoms with Gasteiger partial charge >= 0.3 is 0 Å². The van der Waals surface area contributed by atoms with E-state index in [2.05, 4.69) is 5.32 Å². The van der Waals surface area contributed by atoms with Crippen molar-refractivity contribution in [2.75, 3.05) is 38.0 Å². The lowest BCUT2D eigenvalue weighted by atomic mass is 10.2. The predicted molar refractivity (Wildman–Crippen MR) is 90.6 cm³/mol. The fraction of sp³-hybridized carbons (Fsp3) is 0.500. The first kappa shape index (κ1) is 17.5. The first-order chi connectivity index (χ1) is 11.3. The van der Waals surface area contributed by atoms with E-state index in [1.54, 1.807) is 17.0 Å². The van der Waals surface area contributed by atoms with E-state index in [-0.39, 0.29) is 24.3 Å². The molecule has 1 aromatic carbocycles. The smallest absolute Gasteiger partial charge is 0.238 e. The van der Waals surface area contributed by atoms with Crippen LogP contribution in [0, 0.1) is 11.7 Å². The molecule has 8 heteroatoms. The first-order valence-corrected chi connectivity index (χ1v) is 8.55. The molecule has 1 atom stereocenters. The van der Waals surface area contributed by atoms with Crippen molar-refractivity contribution in [3.05, 3.63) is 30.1 Å². The number of hydrogen-bond acceptors (Lipinski definition) is 3. The number of nitrogens with one attached hydrogen (secondary N) is 1. The van der Waals surface area contributed by atoms with Gasteiger partial charge in [-0.25, -0.2) is 4.39 Å². The SMILES string of the molecule is O=C(CN1CCN(C(=O)[C@@H]2CC2(Cl)Cl)CC1)Nc1cccc(F)c1. The lowest BCUT2D eigenvalue weighted by molar-refractivity contribution is -0.134. The zero-order valence-electron chi connectivity index (χ0n) is 13.0. The summed E-state index contributed by atoms with van der Waals surface area (Å²) in [5, 5.41) is 2.67. The van der Waals surface area contributed by atoms with E-state index >= 15 is 0 Å². The van der Waals surface area contributed by atoms with E-state index in [4.69, 9.17) is 23.2 Å². The number of halogens is 3. The monoisotopic (exact) mass is 373 g/mol. The van der Waals surface area contributed by atoms with Crippen LogP contribution in [0.5, 0.6) is 0 Å². The molecule has 2 amide bonds. The molecule has 1 N–H and O–H groups in total. The van der Waals surface area contributed by atoms with Crippen molar-refractivity contribution < 1.29 is 14.0 Å². The van der Waals surface area contributed by atoms with Crippen LogP contribution in [0.1, 0.15) is 6.42 Å². The molecule has 5 nitrogen and oxygen atoms in total. The highest BCUT2D eigenvalue weighted by atomic mass is 35.5. The van der Waals surface area contributed by atoms with E-state index < -0.39 is 10.2 Å². The average molecular weight is 374 g/mol. The largest absolute Gasteiger partial charge is 0.340 e. The van der Waals surface area contributed by atoms with Gasteiger partial charge in [-0.3, -0.25) is 14.5 Å². The quantitative estimate of drug-likeness (QED) is 0.822. The van der Waals surface area contributed by atoms with Gasteiger partial charge in [0.05, 0.1) is 12.5 Å². The number of anilines is 1. The molecular formula is C16H18Cl2FN3O2. The average Bonchev–Trinajstić information content (AvgIpc) is 3.16. The maximum atomic E-state index is 13.1. The van der Waals surface area contributed by atoms with Crippen molar-refractivity contribution in [1.29, 1.82) is 0 Å². The molecule has 1 heterocycles. The number of alkyl halides is 2. The Morgan fingerprint density at radius 3 is 2.50 bits per heavy atom. The van der Waals surface area contributed by atoms with Crippen molar-refractivity contribution in [1.82, 2.24) is 9.80 Å². The molecule has 130 valence electrons. The molecule has 2 fully saturated rings. The Labute approximate surface area is 149 Å². The van der Waals surface area contributed by atoms with Gasteiger partial charge in [0.2, 0.25) is 11.8 Å². The number of piperazine rings is 1. The predicted octanol–water partition coefficient (Wildman–Crippen LogP) is 2.10. The van der Waals surface area contributed by atoms with E-state index in [0.717, 1.165) is 0 Å². The van der Waals surface area contributed by atoms with E-state index in [9.17, 15) is 14.0 Å². The molecule has 1 saturated heterocycles. The first-order valence-electron chi connectivity index (χ1n) is 7.79. The zero-order chi connectivity index (χ0) is 17.3. The molecule has 0 spiro atoms. The topological polar surface area (TPSA) is 52.7 Å². The Hall–Kier alpha value is -1.37. The van der Waals surface area contributed by atoms with Gasteiger partial charge in [-0.1, -0.05) is 6.07 Å². The maximum absolute atomic E-state index is 13.1. The minimum atomic E-state index is -0.904. The van der Waals surface area contributed by atoms with Crippen molar-refractivity contribution in [3.63, 3.8) is 0 Å². The lowest BCUT2D eigenvalue weighted by Gasteiger charge is -2.34. The van der Waals surface area contributed by atoms with Gasteiger partial charge in [-0.05, 0) is 24.6 Å². The highest BCUT2D eigenvalue weighted by Gasteiger charge is 2.57. The summed E-state index contributed by atoms with van der Waals surface area (Å²) in [6, 6.07) is 5.77. The van der Waals surface area contributed by atoms with Gasteiger partial charge in [0.1, 0.15) is 10.2 Å². The van der Waals surface area contributed by atoms with E-state index in [1.165, 1.54) is 12.1 Å². The van der Waals surface area contributed by atoms with Crippen LogP contribution in [0.4, 0.5) is 10.1 Å². The number of rotatable bonds is 4. The number of benzene rings is 1. The molecular weight excluding hydrogens is 356 g/mol. The Morgan fingerprint density at radius 1 is 1.25 bits per heavy atom. The second kappa shape index (κ2) is 6.86. The molecule has 0 bridgehead atoms. The Kier molecular flexibility index (Phi) is 4.99. The number of carbonyl (C=O) groups excluding carboxylic acids is 2. The van der Waals surface area contributed by atoms with Gasteiger partial charge in [0, 0.05) is 31.9 Å². The third kappa shape index (κ3) is 4.18. The van der Waals surface area contributed by atoms with Gasteiger partial charge < -0.3 is 10.2 Å². The summed E-state index contributed by atoms with van der Waals surface area (Å²) >= 11 is 11.9. The summed E-state index contributed by atoms with van der Waals surface area (Å²) in [5.74, 6) is -0.912. The van der Waals surface area contributed by atoms with Gasteiger partial charge in [0.25, 0.3) is 0 Å². The van der Waals surface area contributed by atoms with Crippen LogP contribution in [0.3, 0.4) is 0 Å². The van der Waals surface area contributed by atoms with Crippen molar-refractivity contribution >= 4 is 40.7 Å². The standard InChI is InChI=1S/C16H18Cl2FN3O2/c17-16(18)9-13(16)15(24)22-6-4-21(5-7-22)10-14(23)20-12-3-1-2-11(19)8-12/h1-3,8,13H,4-7,9-10H2,(H,20,23)/t13-/m0/s1. The van der Waals surface area contributed by atoms with Crippen LogP contribution in [0.25, 0.3) is 0 Å². The number of hydrogen-bond donors (Lipinski definition) is 1. The molecule has 1 aliphatic heterocycles. The van der Waals surface area contributed by atoms with Crippen LogP contribution in [0.15, 0.2) is 24.3 Å². The molecule has 0 unspecified atom stereocenters. The molecule has 3 rings (SSSR count). The number of amides is 2. The summed E-state index contributed by atoms with van der Waals surface area (Å²) in [7, 11) is 0. The molecule has 1 aromatic rings. The van der Waals surface area contributed by atoms with Crippen LogP contribution in [-0.4, -0.2) is 58.7 Å². The summed E-state index contributed by atoms with van der Waals surface area (Å²) in [5.41, 5.74) is 0.433. The molecule has 24 heavy (non-hydrogen) atoms. The highest BCUT2D eigenvalue weighted by Crippen LogP contribution is 2.53. The van der Waals surface area contributed by atoms with Crippen LogP contribution < -0.4 is 5.32 Å². The van der Waals surface area contributed by atoms with Crippen LogP contribution in [-0.2, 0) is 9.59 Å². The van der Waals surface area contributed by atoms with Crippen LogP contribution >= 0.6 is 23.2 Å². The Morgan fingerprint density at radius 2 is 1.92 bits per heavy atom. The summed E-state index contributed by atoms with van der Waals surface area (Å²) < 4.78 is 12.2. The molecule has 1 saturated carbocycles. The molecule has 1 aliphatic carbocycles. The Bertz CT molecular complexity index is 648. The molecule has 2 aliphatic rings. The molecule has 0 aromatic heterocycles.